The first-order chi connectivity index (χ1) is 14.9. The minimum Gasteiger partial charge on any atom is -0.369 e. The molecule has 0 bridgehead atoms. The number of fused-ring (bicyclic) bond motifs is 1. The molecule has 0 saturated heterocycles. The molecular formula is C25H24N2O4. The van der Waals surface area contributed by atoms with E-state index in [0.29, 0.717) is 22.2 Å². The summed E-state index contributed by atoms with van der Waals surface area (Å²) in [4.78, 5) is 25.1. The van der Waals surface area contributed by atoms with Crippen LogP contribution >= 0.6 is 0 Å². The van der Waals surface area contributed by atoms with Crippen LogP contribution in [0.5, 0.6) is 0 Å². The summed E-state index contributed by atoms with van der Waals surface area (Å²) in [5.41, 5.74) is 0.467. The van der Waals surface area contributed by atoms with Gasteiger partial charge in [0.05, 0.1) is 11.1 Å². The van der Waals surface area contributed by atoms with Gasteiger partial charge in [0.25, 0.3) is 5.91 Å². The van der Waals surface area contributed by atoms with Crippen molar-refractivity contribution >= 4 is 22.4 Å². The number of carbonyl (C=O) groups excluding carboxylic acids is 1. The summed E-state index contributed by atoms with van der Waals surface area (Å²) in [5, 5.41) is 18.9. The Labute approximate surface area is 180 Å². The van der Waals surface area contributed by atoms with Gasteiger partial charge in [0.1, 0.15) is 0 Å². The Morgan fingerprint density at radius 2 is 1.94 bits per heavy atom. The van der Waals surface area contributed by atoms with Crippen LogP contribution < -0.4 is 10.9 Å². The molecule has 3 aromatic rings. The average Bonchev–Trinajstić information content (AvgIpc) is 3.30. The summed E-state index contributed by atoms with van der Waals surface area (Å²) in [7, 11) is 0. The molecule has 0 aliphatic heterocycles. The third-order valence-electron chi connectivity index (χ3n) is 5.86. The summed E-state index contributed by atoms with van der Waals surface area (Å²) >= 11 is 0. The summed E-state index contributed by atoms with van der Waals surface area (Å²) < 4.78 is 4.75. The van der Waals surface area contributed by atoms with E-state index in [1.165, 1.54) is 0 Å². The van der Waals surface area contributed by atoms with Crippen molar-refractivity contribution in [3.63, 3.8) is 0 Å². The SMILES string of the molecule is Cc1cccc(C#CC(O)(C(=O)Nc2ccc3c(=O)onc(C)c3c2)C2CCCC2)c1. The fourth-order valence-corrected chi connectivity index (χ4v) is 4.11. The molecular weight excluding hydrogens is 392 g/mol. The number of amides is 1. The molecule has 1 aliphatic carbocycles. The lowest BCUT2D eigenvalue weighted by atomic mass is 9.85. The largest absolute Gasteiger partial charge is 0.369 e. The summed E-state index contributed by atoms with van der Waals surface area (Å²) in [5.74, 6) is 5.07. The lowest BCUT2D eigenvalue weighted by Gasteiger charge is -2.27. The van der Waals surface area contributed by atoms with Crippen molar-refractivity contribution in [1.29, 1.82) is 0 Å². The smallest absolute Gasteiger partial charge is 0.366 e. The zero-order valence-corrected chi connectivity index (χ0v) is 17.6. The number of aliphatic hydroxyl groups is 1. The molecule has 1 heterocycles. The van der Waals surface area contributed by atoms with E-state index in [4.69, 9.17) is 4.52 Å². The summed E-state index contributed by atoms with van der Waals surface area (Å²) in [6.45, 7) is 3.69. The van der Waals surface area contributed by atoms with Crippen molar-refractivity contribution in [3.05, 3.63) is 69.7 Å². The topological polar surface area (TPSA) is 92.4 Å². The second-order valence-electron chi connectivity index (χ2n) is 8.14. The maximum absolute atomic E-state index is 13.2. The molecule has 1 saturated carbocycles. The van der Waals surface area contributed by atoms with Crippen LogP contribution in [0, 0.1) is 31.6 Å². The van der Waals surface area contributed by atoms with Gasteiger partial charge in [-0.1, -0.05) is 42.0 Å². The first-order valence-electron chi connectivity index (χ1n) is 10.4. The molecule has 2 N–H and O–H groups in total. The molecule has 0 spiro atoms. The van der Waals surface area contributed by atoms with E-state index in [9.17, 15) is 14.7 Å². The Morgan fingerprint density at radius 3 is 2.68 bits per heavy atom. The van der Waals surface area contributed by atoms with Gasteiger partial charge >= 0.3 is 5.63 Å². The standard InChI is InChI=1S/C25H24N2O4/c1-16-6-5-7-18(14-16)12-13-25(30,19-8-3-4-9-19)24(29)26-20-10-11-21-22(15-20)17(2)27-31-23(21)28/h5-7,10-11,14-15,19,30H,3-4,8-9H2,1-2H3,(H,26,29). The van der Waals surface area contributed by atoms with Gasteiger partial charge in [-0.3, -0.25) is 4.79 Å². The van der Waals surface area contributed by atoms with Gasteiger partial charge in [0.2, 0.25) is 5.60 Å². The van der Waals surface area contributed by atoms with E-state index in [1.807, 2.05) is 31.2 Å². The number of hydrogen-bond acceptors (Lipinski definition) is 5. The number of aromatic nitrogens is 1. The Balaban J connectivity index is 1.68. The van der Waals surface area contributed by atoms with Gasteiger partial charge < -0.3 is 14.9 Å². The highest BCUT2D eigenvalue weighted by Gasteiger charge is 2.44. The summed E-state index contributed by atoms with van der Waals surface area (Å²) in [6.07, 6.45) is 3.41. The zero-order valence-electron chi connectivity index (χ0n) is 17.6. The Hall–Kier alpha value is -3.43. The van der Waals surface area contributed by atoms with Crippen molar-refractivity contribution in [2.24, 2.45) is 5.92 Å². The van der Waals surface area contributed by atoms with E-state index in [2.05, 4.69) is 22.3 Å². The number of hydrogen-bond donors (Lipinski definition) is 2. The highest BCUT2D eigenvalue weighted by molar-refractivity contribution is 6.01. The molecule has 1 unspecified atom stereocenters. The number of anilines is 1. The number of benzene rings is 2. The monoisotopic (exact) mass is 416 g/mol. The fraction of sp³-hybridized carbons (Fsp3) is 0.320. The summed E-state index contributed by atoms with van der Waals surface area (Å²) in [6, 6.07) is 12.5. The van der Waals surface area contributed by atoms with Crippen LogP contribution in [0.25, 0.3) is 10.8 Å². The first-order valence-corrected chi connectivity index (χ1v) is 10.4. The van der Waals surface area contributed by atoms with Gasteiger partial charge in [-0.25, -0.2) is 4.79 Å². The molecule has 2 aromatic carbocycles. The van der Waals surface area contributed by atoms with E-state index in [1.54, 1.807) is 25.1 Å². The minimum absolute atomic E-state index is 0.235. The maximum atomic E-state index is 13.2. The lowest BCUT2D eigenvalue weighted by molar-refractivity contribution is -0.132. The van der Waals surface area contributed by atoms with Crippen LogP contribution in [-0.2, 0) is 4.79 Å². The van der Waals surface area contributed by atoms with Crippen molar-refractivity contribution in [2.75, 3.05) is 5.32 Å². The van der Waals surface area contributed by atoms with E-state index < -0.39 is 17.1 Å². The fourth-order valence-electron chi connectivity index (χ4n) is 4.11. The van der Waals surface area contributed by atoms with Gasteiger partial charge in [-0.2, -0.15) is 0 Å². The van der Waals surface area contributed by atoms with Crippen LogP contribution in [0.1, 0.15) is 42.5 Å². The lowest BCUT2D eigenvalue weighted by Crippen LogP contribution is -2.47. The van der Waals surface area contributed by atoms with E-state index in [-0.39, 0.29) is 5.92 Å². The molecule has 1 amide bonds. The van der Waals surface area contributed by atoms with E-state index in [0.717, 1.165) is 36.8 Å². The second kappa shape index (κ2) is 8.37. The van der Waals surface area contributed by atoms with Crippen LogP contribution in [0.3, 0.4) is 0 Å². The zero-order chi connectivity index (χ0) is 22.0. The van der Waals surface area contributed by atoms with Crippen molar-refractivity contribution < 1.29 is 14.4 Å². The molecule has 6 heteroatoms. The number of rotatable bonds is 3. The van der Waals surface area contributed by atoms with Crippen molar-refractivity contribution in [3.8, 4) is 11.8 Å². The maximum Gasteiger partial charge on any atom is 0.366 e. The molecule has 1 fully saturated rings. The number of carbonyl (C=O) groups is 1. The Morgan fingerprint density at radius 1 is 1.16 bits per heavy atom. The van der Waals surface area contributed by atoms with Crippen LogP contribution in [-0.4, -0.2) is 21.8 Å². The predicted octanol–water partition coefficient (Wildman–Crippen LogP) is 3.72. The van der Waals surface area contributed by atoms with Gasteiger partial charge in [-0.05, 0) is 62.6 Å². The molecule has 1 atom stereocenters. The Kier molecular flexibility index (Phi) is 5.62. The van der Waals surface area contributed by atoms with Gasteiger partial charge in [0, 0.05) is 22.6 Å². The normalized spacial score (nSPS) is 15.8. The molecule has 0 radical (unpaired) electrons. The van der Waals surface area contributed by atoms with Crippen molar-refractivity contribution in [2.45, 2.75) is 45.1 Å². The van der Waals surface area contributed by atoms with Gasteiger partial charge in [0.15, 0.2) is 0 Å². The molecule has 6 nitrogen and oxygen atoms in total. The van der Waals surface area contributed by atoms with Crippen LogP contribution in [0.4, 0.5) is 5.69 Å². The number of nitrogens with zero attached hydrogens (tertiary/aromatic N) is 1. The Bertz CT molecular complexity index is 1260. The molecule has 4 rings (SSSR count). The van der Waals surface area contributed by atoms with Crippen molar-refractivity contribution in [1.82, 2.24) is 5.16 Å². The number of aryl methyl sites for hydroxylation is 2. The molecule has 1 aliphatic rings. The third-order valence-corrected chi connectivity index (χ3v) is 5.86. The average molecular weight is 416 g/mol. The third kappa shape index (κ3) is 4.23. The van der Waals surface area contributed by atoms with Crippen LogP contribution in [0.15, 0.2) is 51.8 Å². The number of nitrogens with one attached hydrogen (secondary N) is 1. The first kappa shape index (κ1) is 20.8. The van der Waals surface area contributed by atoms with Gasteiger partial charge in [-0.15, -0.1) is 0 Å². The van der Waals surface area contributed by atoms with Crippen LogP contribution in [0.2, 0.25) is 0 Å². The molecule has 1 aromatic heterocycles. The highest BCUT2D eigenvalue weighted by atomic mass is 16.5. The molecule has 31 heavy (non-hydrogen) atoms. The minimum atomic E-state index is -1.81. The second-order valence-corrected chi connectivity index (χ2v) is 8.14. The molecule has 158 valence electrons. The predicted molar refractivity (Wildman–Crippen MR) is 119 cm³/mol. The quantitative estimate of drug-likeness (QED) is 0.635. The highest BCUT2D eigenvalue weighted by Crippen LogP contribution is 2.35. The van der Waals surface area contributed by atoms with E-state index >= 15 is 0 Å².